The summed E-state index contributed by atoms with van der Waals surface area (Å²) in [4.78, 5) is 15.8. The average Bonchev–Trinajstić information content (AvgIpc) is 2.74. The number of rotatable bonds is 5. The predicted molar refractivity (Wildman–Crippen MR) is 73.9 cm³/mol. The van der Waals surface area contributed by atoms with Gasteiger partial charge < -0.3 is 5.11 Å². The summed E-state index contributed by atoms with van der Waals surface area (Å²) >= 11 is 1.88. The van der Waals surface area contributed by atoms with Crippen molar-refractivity contribution in [3.05, 3.63) is 21.9 Å². The highest BCUT2D eigenvalue weighted by molar-refractivity contribution is 7.11. The predicted octanol–water partition coefficient (Wildman–Crippen LogP) is 3.13. The molecule has 1 fully saturated rings. The number of aliphatic carboxylic acids is 1. The molecule has 1 N–H and O–H groups in total. The van der Waals surface area contributed by atoms with Crippen molar-refractivity contribution in [2.24, 2.45) is 5.92 Å². The minimum absolute atomic E-state index is 0.328. The lowest BCUT2D eigenvalue weighted by Crippen LogP contribution is -2.33. The molecule has 1 saturated heterocycles. The number of carbonyl (C=O) groups is 1. The first-order chi connectivity index (χ1) is 8.63. The Morgan fingerprint density at radius 3 is 2.72 bits per heavy atom. The summed E-state index contributed by atoms with van der Waals surface area (Å²) in [7, 11) is 0. The summed E-state index contributed by atoms with van der Waals surface area (Å²) in [5.41, 5.74) is 0. The lowest BCUT2D eigenvalue weighted by atomic mass is 9.92. The number of likely N-dealkylation sites (tertiary alicyclic amines) is 1. The van der Waals surface area contributed by atoms with Crippen LogP contribution in [-0.4, -0.2) is 29.1 Å². The van der Waals surface area contributed by atoms with Crippen LogP contribution in [0.1, 0.15) is 35.4 Å². The number of nitrogens with zero attached hydrogens (tertiary/aromatic N) is 1. The molecular weight excluding hydrogens is 246 g/mol. The quantitative estimate of drug-likeness (QED) is 0.891. The Bertz CT molecular complexity index is 394. The van der Waals surface area contributed by atoms with Crippen molar-refractivity contribution in [3.63, 3.8) is 0 Å². The monoisotopic (exact) mass is 267 g/mol. The van der Waals surface area contributed by atoms with Gasteiger partial charge in [0.05, 0.1) is 0 Å². The van der Waals surface area contributed by atoms with E-state index >= 15 is 0 Å². The maximum atomic E-state index is 10.5. The van der Waals surface area contributed by atoms with Crippen molar-refractivity contribution in [1.82, 2.24) is 4.90 Å². The molecule has 0 atom stereocenters. The van der Waals surface area contributed by atoms with Crippen LogP contribution in [0.25, 0.3) is 0 Å². The zero-order chi connectivity index (χ0) is 13.0. The van der Waals surface area contributed by atoms with E-state index in [4.69, 9.17) is 5.11 Å². The highest BCUT2D eigenvalue weighted by Crippen LogP contribution is 2.24. The standard InChI is InChI=1S/C14H21NO2S/c1-11-2-4-13(18-11)10-15-8-6-12(7-9-15)3-5-14(16)17/h2,4,12H,3,5-10H2,1H3,(H,16,17). The van der Waals surface area contributed by atoms with Crippen molar-refractivity contribution in [2.75, 3.05) is 13.1 Å². The molecular formula is C14H21NO2S. The number of piperidine rings is 1. The van der Waals surface area contributed by atoms with E-state index in [1.54, 1.807) is 0 Å². The lowest BCUT2D eigenvalue weighted by Gasteiger charge is -2.31. The fraction of sp³-hybridized carbons (Fsp3) is 0.643. The topological polar surface area (TPSA) is 40.5 Å². The normalized spacial score (nSPS) is 18.1. The molecule has 1 aliphatic rings. The van der Waals surface area contributed by atoms with E-state index in [2.05, 4.69) is 24.0 Å². The third-order valence-corrected chi connectivity index (χ3v) is 4.63. The largest absolute Gasteiger partial charge is 0.481 e. The van der Waals surface area contributed by atoms with Crippen LogP contribution in [-0.2, 0) is 11.3 Å². The van der Waals surface area contributed by atoms with Gasteiger partial charge in [0.25, 0.3) is 0 Å². The van der Waals surface area contributed by atoms with Gasteiger partial charge in [-0.2, -0.15) is 0 Å². The summed E-state index contributed by atoms with van der Waals surface area (Å²) < 4.78 is 0. The van der Waals surface area contributed by atoms with Gasteiger partial charge in [-0.3, -0.25) is 9.69 Å². The van der Waals surface area contributed by atoms with Crippen LogP contribution in [0.15, 0.2) is 12.1 Å². The van der Waals surface area contributed by atoms with Crippen LogP contribution in [0, 0.1) is 12.8 Å². The zero-order valence-electron chi connectivity index (χ0n) is 10.9. The van der Waals surface area contributed by atoms with E-state index < -0.39 is 5.97 Å². The van der Waals surface area contributed by atoms with Gasteiger partial charge in [-0.1, -0.05) is 0 Å². The van der Waals surface area contributed by atoms with E-state index in [9.17, 15) is 4.79 Å². The highest BCUT2D eigenvalue weighted by atomic mass is 32.1. The van der Waals surface area contributed by atoms with Crippen LogP contribution in [0.4, 0.5) is 0 Å². The van der Waals surface area contributed by atoms with Gasteiger partial charge in [0.1, 0.15) is 0 Å². The van der Waals surface area contributed by atoms with Crippen LogP contribution in [0.2, 0.25) is 0 Å². The van der Waals surface area contributed by atoms with E-state index in [1.165, 1.54) is 9.75 Å². The van der Waals surface area contributed by atoms with Crippen molar-refractivity contribution in [3.8, 4) is 0 Å². The molecule has 0 unspecified atom stereocenters. The Morgan fingerprint density at radius 2 is 2.17 bits per heavy atom. The molecule has 0 saturated carbocycles. The second kappa shape index (κ2) is 6.34. The van der Waals surface area contributed by atoms with Crippen molar-refractivity contribution in [1.29, 1.82) is 0 Å². The molecule has 0 aromatic carbocycles. The second-order valence-corrected chi connectivity index (χ2v) is 6.54. The molecule has 1 aromatic heterocycles. The minimum atomic E-state index is -0.661. The van der Waals surface area contributed by atoms with E-state index in [-0.39, 0.29) is 0 Å². The summed E-state index contributed by atoms with van der Waals surface area (Å²) in [6.07, 6.45) is 3.48. The Balaban J connectivity index is 1.71. The van der Waals surface area contributed by atoms with E-state index in [0.717, 1.165) is 38.9 Å². The Labute approximate surface area is 112 Å². The van der Waals surface area contributed by atoms with Crippen molar-refractivity contribution >= 4 is 17.3 Å². The Kier molecular flexibility index (Phi) is 4.78. The molecule has 2 heterocycles. The minimum Gasteiger partial charge on any atom is -0.481 e. The number of aryl methyl sites for hydroxylation is 1. The first kappa shape index (κ1) is 13.6. The van der Waals surface area contributed by atoms with E-state index in [0.29, 0.717) is 12.3 Å². The van der Waals surface area contributed by atoms with Crippen molar-refractivity contribution in [2.45, 2.75) is 39.2 Å². The maximum absolute atomic E-state index is 10.5. The maximum Gasteiger partial charge on any atom is 0.303 e. The number of hydrogen-bond donors (Lipinski definition) is 1. The molecule has 2 rings (SSSR count). The summed E-state index contributed by atoms with van der Waals surface area (Å²) in [6.45, 7) is 5.43. The molecule has 18 heavy (non-hydrogen) atoms. The number of carboxylic acid groups (broad SMARTS) is 1. The van der Waals surface area contributed by atoms with Gasteiger partial charge in [-0.05, 0) is 57.3 Å². The first-order valence-corrected chi connectivity index (χ1v) is 7.44. The molecule has 0 aliphatic carbocycles. The molecule has 0 radical (unpaired) electrons. The van der Waals surface area contributed by atoms with Gasteiger partial charge in [-0.15, -0.1) is 11.3 Å². The van der Waals surface area contributed by atoms with Crippen LogP contribution >= 0.6 is 11.3 Å². The smallest absolute Gasteiger partial charge is 0.303 e. The summed E-state index contributed by atoms with van der Waals surface area (Å²) in [6, 6.07) is 4.40. The SMILES string of the molecule is Cc1ccc(CN2CCC(CCC(=O)O)CC2)s1. The Hall–Kier alpha value is -0.870. The van der Waals surface area contributed by atoms with Crippen LogP contribution in [0.3, 0.4) is 0 Å². The molecule has 4 heteroatoms. The number of carboxylic acids is 1. The third kappa shape index (κ3) is 4.10. The zero-order valence-corrected chi connectivity index (χ0v) is 11.7. The summed E-state index contributed by atoms with van der Waals surface area (Å²) in [5.74, 6) is -0.0473. The molecule has 0 amide bonds. The third-order valence-electron chi connectivity index (χ3n) is 3.65. The highest BCUT2D eigenvalue weighted by Gasteiger charge is 2.20. The Morgan fingerprint density at radius 1 is 1.44 bits per heavy atom. The molecule has 100 valence electrons. The van der Waals surface area contributed by atoms with Gasteiger partial charge in [-0.25, -0.2) is 0 Å². The molecule has 3 nitrogen and oxygen atoms in total. The number of thiophene rings is 1. The first-order valence-electron chi connectivity index (χ1n) is 6.63. The van der Waals surface area contributed by atoms with Gasteiger partial charge >= 0.3 is 5.97 Å². The van der Waals surface area contributed by atoms with Gasteiger partial charge in [0.2, 0.25) is 0 Å². The average molecular weight is 267 g/mol. The molecule has 0 spiro atoms. The number of hydrogen-bond acceptors (Lipinski definition) is 3. The fourth-order valence-electron chi connectivity index (χ4n) is 2.55. The fourth-order valence-corrected chi connectivity index (χ4v) is 3.48. The second-order valence-electron chi connectivity index (χ2n) is 5.16. The van der Waals surface area contributed by atoms with Crippen LogP contribution in [0.5, 0.6) is 0 Å². The molecule has 1 aliphatic heterocycles. The van der Waals surface area contributed by atoms with E-state index in [1.807, 2.05) is 11.3 Å². The lowest BCUT2D eigenvalue weighted by molar-refractivity contribution is -0.137. The van der Waals surface area contributed by atoms with Gasteiger partial charge in [0.15, 0.2) is 0 Å². The molecule has 0 bridgehead atoms. The van der Waals surface area contributed by atoms with Gasteiger partial charge in [0, 0.05) is 22.7 Å². The summed E-state index contributed by atoms with van der Waals surface area (Å²) in [5, 5.41) is 8.68. The molecule has 1 aromatic rings. The van der Waals surface area contributed by atoms with Crippen molar-refractivity contribution < 1.29 is 9.90 Å². The van der Waals surface area contributed by atoms with Crippen LogP contribution < -0.4 is 0 Å².